The Hall–Kier alpha value is -3.38. The second kappa shape index (κ2) is 8.40. The third-order valence-electron chi connectivity index (χ3n) is 5.40. The van der Waals surface area contributed by atoms with Crippen LogP contribution in [-0.2, 0) is 13.1 Å². The van der Waals surface area contributed by atoms with Crippen LogP contribution >= 0.6 is 11.6 Å². The van der Waals surface area contributed by atoms with Crippen LogP contribution in [0, 0.1) is 13.8 Å². The van der Waals surface area contributed by atoms with E-state index in [-0.39, 0.29) is 17.1 Å². The molecule has 2 aromatic carbocycles. The first-order chi connectivity index (χ1) is 14.8. The van der Waals surface area contributed by atoms with Crippen molar-refractivity contribution in [3.63, 3.8) is 0 Å². The highest BCUT2D eigenvalue weighted by Crippen LogP contribution is 2.21. The number of amides is 1. The van der Waals surface area contributed by atoms with Gasteiger partial charge in [0, 0.05) is 35.9 Å². The lowest BCUT2D eigenvalue weighted by atomic mass is 10.1. The standard InChI is InChI=1S/C24H22ClN3O3/c1-15-19(16(2)28(26-15)13-17-8-4-6-10-20(17)25)14-27(3)24(30)23-12-21(29)18-9-5-7-11-22(18)31-23/h4-12H,13-14H2,1-3H3. The number of hydrogen-bond donors (Lipinski definition) is 0. The van der Waals surface area contributed by atoms with Gasteiger partial charge in [0.1, 0.15) is 5.58 Å². The Labute approximate surface area is 184 Å². The molecule has 2 heterocycles. The van der Waals surface area contributed by atoms with Gasteiger partial charge in [0.25, 0.3) is 5.91 Å². The van der Waals surface area contributed by atoms with Gasteiger partial charge in [-0.05, 0) is 37.6 Å². The van der Waals surface area contributed by atoms with E-state index in [1.807, 2.05) is 42.8 Å². The van der Waals surface area contributed by atoms with Gasteiger partial charge in [-0.2, -0.15) is 5.10 Å². The average molecular weight is 436 g/mol. The summed E-state index contributed by atoms with van der Waals surface area (Å²) in [5.41, 5.74) is 3.88. The number of benzene rings is 2. The fourth-order valence-corrected chi connectivity index (χ4v) is 3.81. The lowest BCUT2D eigenvalue weighted by Crippen LogP contribution is -2.27. The fourth-order valence-electron chi connectivity index (χ4n) is 3.61. The zero-order valence-corrected chi connectivity index (χ0v) is 18.3. The molecule has 0 aliphatic carbocycles. The minimum atomic E-state index is -0.361. The summed E-state index contributed by atoms with van der Waals surface area (Å²) in [5.74, 6) is -0.342. The Morgan fingerprint density at radius 1 is 1.13 bits per heavy atom. The molecule has 2 aromatic heterocycles. The van der Waals surface area contributed by atoms with Crippen molar-refractivity contribution in [3.05, 3.63) is 98.1 Å². The predicted octanol–water partition coefficient (Wildman–Crippen LogP) is 4.58. The number of carbonyl (C=O) groups excluding carboxylic acids is 1. The van der Waals surface area contributed by atoms with Crippen molar-refractivity contribution < 1.29 is 9.21 Å². The molecule has 0 unspecified atom stereocenters. The zero-order chi connectivity index (χ0) is 22.1. The van der Waals surface area contributed by atoms with Crippen LogP contribution in [0.4, 0.5) is 0 Å². The van der Waals surface area contributed by atoms with Gasteiger partial charge in [0.2, 0.25) is 0 Å². The number of hydrogen-bond acceptors (Lipinski definition) is 4. The van der Waals surface area contributed by atoms with Gasteiger partial charge in [0.05, 0.1) is 17.6 Å². The average Bonchev–Trinajstić information content (AvgIpc) is 3.02. The molecule has 0 radical (unpaired) electrons. The van der Waals surface area contributed by atoms with Crippen molar-refractivity contribution in [1.82, 2.24) is 14.7 Å². The summed E-state index contributed by atoms with van der Waals surface area (Å²) in [6.07, 6.45) is 0. The van der Waals surface area contributed by atoms with Gasteiger partial charge in [0.15, 0.2) is 11.2 Å². The first kappa shape index (κ1) is 20.9. The number of carbonyl (C=O) groups is 1. The SMILES string of the molecule is Cc1nn(Cc2ccccc2Cl)c(C)c1CN(C)C(=O)c1cc(=O)c2ccccc2o1. The number of aromatic nitrogens is 2. The van der Waals surface area contributed by atoms with Gasteiger partial charge in [-0.3, -0.25) is 14.3 Å². The molecule has 4 rings (SSSR count). The van der Waals surface area contributed by atoms with Crippen molar-refractivity contribution >= 4 is 28.5 Å². The molecule has 0 N–H and O–H groups in total. The molecule has 0 aliphatic rings. The molecule has 7 heteroatoms. The van der Waals surface area contributed by atoms with Crippen LogP contribution in [0.25, 0.3) is 11.0 Å². The van der Waals surface area contributed by atoms with E-state index in [1.54, 1.807) is 31.3 Å². The van der Waals surface area contributed by atoms with Crippen molar-refractivity contribution in [2.45, 2.75) is 26.9 Å². The van der Waals surface area contributed by atoms with Crippen LogP contribution in [-0.4, -0.2) is 27.6 Å². The fraction of sp³-hybridized carbons (Fsp3) is 0.208. The third kappa shape index (κ3) is 4.11. The van der Waals surface area contributed by atoms with E-state index in [0.717, 1.165) is 22.5 Å². The van der Waals surface area contributed by atoms with E-state index in [2.05, 4.69) is 5.10 Å². The number of halogens is 1. The van der Waals surface area contributed by atoms with Crippen LogP contribution in [0.3, 0.4) is 0 Å². The molecule has 0 fully saturated rings. The molecular formula is C24H22ClN3O3. The normalized spacial score (nSPS) is 11.1. The zero-order valence-electron chi connectivity index (χ0n) is 17.6. The van der Waals surface area contributed by atoms with Crippen molar-refractivity contribution in [1.29, 1.82) is 0 Å². The Morgan fingerprint density at radius 2 is 1.84 bits per heavy atom. The van der Waals surface area contributed by atoms with Crippen molar-refractivity contribution in [2.24, 2.45) is 0 Å². The van der Waals surface area contributed by atoms with Gasteiger partial charge < -0.3 is 9.32 Å². The van der Waals surface area contributed by atoms with E-state index >= 15 is 0 Å². The molecule has 0 bridgehead atoms. The molecule has 0 spiro atoms. The second-order valence-corrected chi connectivity index (χ2v) is 7.94. The maximum atomic E-state index is 13.0. The summed E-state index contributed by atoms with van der Waals surface area (Å²) in [6, 6.07) is 15.8. The number of aryl methyl sites for hydroxylation is 1. The summed E-state index contributed by atoms with van der Waals surface area (Å²) in [4.78, 5) is 26.8. The van der Waals surface area contributed by atoms with Crippen molar-refractivity contribution in [3.8, 4) is 0 Å². The molecule has 0 atom stereocenters. The largest absolute Gasteiger partial charge is 0.451 e. The summed E-state index contributed by atoms with van der Waals surface area (Å²) in [7, 11) is 1.68. The van der Waals surface area contributed by atoms with Crippen molar-refractivity contribution in [2.75, 3.05) is 7.05 Å². The Bertz CT molecular complexity index is 1340. The van der Waals surface area contributed by atoms with Gasteiger partial charge >= 0.3 is 0 Å². The van der Waals surface area contributed by atoms with E-state index in [4.69, 9.17) is 16.0 Å². The molecule has 158 valence electrons. The highest BCUT2D eigenvalue weighted by Gasteiger charge is 2.20. The molecule has 1 amide bonds. The van der Waals surface area contributed by atoms with E-state index in [9.17, 15) is 9.59 Å². The Morgan fingerprint density at radius 3 is 2.61 bits per heavy atom. The van der Waals surface area contributed by atoms with Crippen LogP contribution in [0.2, 0.25) is 5.02 Å². The van der Waals surface area contributed by atoms with E-state index < -0.39 is 0 Å². The molecule has 31 heavy (non-hydrogen) atoms. The molecule has 0 saturated heterocycles. The number of fused-ring (bicyclic) bond motifs is 1. The lowest BCUT2D eigenvalue weighted by molar-refractivity contribution is 0.0753. The minimum absolute atomic E-state index is 0.0185. The maximum absolute atomic E-state index is 13.0. The van der Waals surface area contributed by atoms with Gasteiger partial charge in [-0.25, -0.2) is 0 Å². The minimum Gasteiger partial charge on any atom is -0.451 e. The number of nitrogens with zero attached hydrogens (tertiary/aromatic N) is 3. The highest BCUT2D eigenvalue weighted by atomic mass is 35.5. The van der Waals surface area contributed by atoms with Crippen LogP contribution in [0.1, 0.15) is 33.1 Å². The van der Waals surface area contributed by atoms with E-state index in [0.29, 0.717) is 29.1 Å². The quantitative estimate of drug-likeness (QED) is 0.460. The topological polar surface area (TPSA) is 68.3 Å². The molecular weight excluding hydrogens is 414 g/mol. The summed E-state index contributed by atoms with van der Waals surface area (Å²) in [6.45, 7) is 4.78. The monoisotopic (exact) mass is 435 g/mol. The Kier molecular flexibility index (Phi) is 5.65. The highest BCUT2D eigenvalue weighted by molar-refractivity contribution is 6.31. The first-order valence-corrected chi connectivity index (χ1v) is 10.3. The van der Waals surface area contributed by atoms with Crippen LogP contribution < -0.4 is 5.43 Å². The lowest BCUT2D eigenvalue weighted by Gasteiger charge is -2.17. The van der Waals surface area contributed by atoms with Gasteiger partial charge in [-0.1, -0.05) is 41.9 Å². The number of para-hydroxylation sites is 1. The second-order valence-electron chi connectivity index (χ2n) is 7.53. The third-order valence-corrected chi connectivity index (χ3v) is 5.77. The van der Waals surface area contributed by atoms with E-state index in [1.165, 1.54) is 11.0 Å². The maximum Gasteiger partial charge on any atom is 0.289 e. The summed E-state index contributed by atoms with van der Waals surface area (Å²) in [5, 5.41) is 5.78. The molecule has 4 aromatic rings. The van der Waals surface area contributed by atoms with Gasteiger partial charge in [-0.15, -0.1) is 0 Å². The predicted molar refractivity (Wildman–Crippen MR) is 121 cm³/mol. The van der Waals surface area contributed by atoms with Crippen LogP contribution in [0.15, 0.2) is 63.8 Å². The summed E-state index contributed by atoms with van der Waals surface area (Å²) >= 11 is 6.29. The Balaban J connectivity index is 1.58. The summed E-state index contributed by atoms with van der Waals surface area (Å²) < 4.78 is 7.58. The van der Waals surface area contributed by atoms with Crippen LogP contribution in [0.5, 0.6) is 0 Å². The first-order valence-electron chi connectivity index (χ1n) is 9.90. The smallest absolute Gasteiger partial charge is 0.289 e. The molecule has 0 aliphatic heterocycles. The molecule has 6 nitrogen and oxygen atoms in total. The molecule has 0 saturated carbocycles. The number of rotatable bonds is 5.